The Kier molecular flexibility index (Phi) is 5.98. The van der Waals surface area contributed by atoms with Crippen LogP contribution in [0.4, 0.5) is 0 Å². The second-order valence-corrected chi connectivity index (χ2v) is 5.67. The first kappa shape index (κ1) is 15.7. The Balaban J connectivity index is 2.66. The van der Waals surface area contributed by atoms with Crippen molar-refractivity contribution in [2.75, 3.05) is 12.9 Å². The molecule has 0 saturated heterocycles. The van der Waals surface area contributed by atoms with Crippen molar-refractivity contribution in [1.29, 1.82) is 0 Å². The Labute approximate surface area is 113 Å². The molecule has 0 fully saturated rings. The number of carbonyl (C=O) groups excluding carboxylic acids is 1. The molecular formula is C13H18O5S. The molecular weight excluding hydrogens is 268 g/mol. The van der Waals surface area contributed by atoms with Gasteiger partial charge in [-0.25, -0.2) is 4.79 Å². The minimum Gasteiger partial charge on any atom is -0.464 e. The van der Waals surface area contributed by atoms with Crippen molar-refractivity contribution >= 4 is 16.1 Å². The number of benzene rings is 1. The van der Waals surface area contributed by atoms with Gasteiger partial charge in [0.25, 0.3) is 10.1 Å². The van der Waals surface area contributed by atoms with Crippen LogP contribution in [0.3, 0.4) is 0 Å². The standard InChI is InChI=1S/C13H18O5S/c1-3-17-13(14)12(18-19(2,15)16)10-9-11-7-5-4-6-8-11/h4-8,12H,3,9-10H2,1-2H3. The summed E-state index contributed by atoms with van der Waals surface area (Å²) in [5.74, 6) is -0.649. The zero-order chi connectivity index (χ0) is 14.3. The molecule has 0 radical (unpaired) electrons. The summed E-state index contributed by atoms with van der Waals surface area (Å²) in [6.45, 7) is 1.85. The van der Waals surface area contributed by atoms with E-state index < -0.39 is 22.2 Å². The molecule has 0 aliphatic carbocycles. The van der Waals surface area contributed by atoms with E-state index in [-0.39, 0.29) is 13.0 Å². The summed E-state index contributed by atoms with van der Waals surface area (Å²) in [4.78, 5) is 11.6. The number of aryl methyl sites for hydroxylation is 1. The summed E-state index contributed by atoms with van der Waals surface area (Å²) < 4.78 is 31.8. The quantitative estimate of drug-likeness (QED) is 0.561. The fourth-order valence-corrected chi connectivity index (χ4v) is 2.19. The lowest BCUT2D eigenvalue weighted by molar-refractivity contribution is -0.151. The molecule has 19 heavy (non-hydrogen) atoms. The van der Waals surface area contributed by atoms with Gasteiger partial charge in [-0.1, -0.05) is 30.3 Å². The van der Waals surface area contributed by atoms with Gasteiger partial charge in [0.1, 0.15) is 0 Å². The summed E-state index contributed by atoms with van der Waals surface area (Å²) in [6, 6.07) is 9.46. The van der Waals surface area contributed by atoms with Crippen LogP contribution in [-0.4, -0.2) is 33.4 Å². The smallest absolute Gasteiger partial charge is 0.336 e. The molecule has 0 saturated carbocycles. The average Bonchev–Trinajstić information content (AvgIpc) is 2.34. The molecule has 1 aromatic carbocycles. The monoisotopic (exact) mass is 286 g/mol. The molecule has 1 atom stereocenters. The molecule has 1 aromatic rings. The number of rotatable bonds is 7. The molecule has 106 valence electrons. The molecule has 0 amide bonds. The Morgan fingerprint density at radius 1 is 1.26 bits per heavy atom. The first-order valence-corrected chi connectivity index (χ1v) is 7.83. The van der Waals surface area contributed by atoms with Crippen LogP contribution in [0.15, 0.2) is 30.3 Å². The van der Waals surface area contributed by atoms with Crippen LogP contribution in [0.1, 0.15) is 18.9 Å². The van der Waals surface area contributed by atoms with Crippen molar-refractivity contribution in [3.05, 3.63) is 35.9 Å². The van der Waals surface area contributed by atoms with Gasteiger partial charge in [0.05, 0.1) is 12.9 Å². The molecule has 0 aliphatic heterocycles. The summed E-state index contributed by atoms with van der Waals surface area (Å²) in [5, 5.41) is 0. The van der Waals surface area contributed by atoms with Gasteiger partial charge in [0.2, 0.25) is 0 Å². The van der Waals surface area contributed by atoms with E-state index in [1.807, 2.05) is 30.3 Å². The van der Waals surface area contributed by atoms with E-state index in [0.717, 1.165) is 11.8 Å². The SMILES string of the molecule is CCOC(=O)C(CCc1ccccc1)OS(C)(=O)=O. The fourth-order valence-electron chi connectivity index (χ4n) is 1.59. The van der Waals surface area contributed by atoms with E-state index in [1.54, 1.807) is 6.92 Å². The largest absolute Gasteiger partial charge is 0.464 e. The predicted molar refractivity (Wildman–Crippen MR) is 71.1 cm³/mol. The van der Waals surface area contributed by atoms with Crippen LogP contribution < -0.4 is 0 Å². The highest BCUT2D eigenvalue weighted by atomic mass is 32.2. The second-order valence-electron chi connectivity index (χ2n) is 4.07. The number of carbonyl (C=O) groups is 1. The third-order valence-corrected chi connectivity index (χ3v) is 2.96. The zero-order valence-electron chi connectivity index (χ0n) is 11.0. The molecule has 0 spiro atoms. The Morgan fingerprint density at radius 3 is 2.42 bits per heavy atom. The van der Waals surface area contributed by atoms with E-state index in [2.05, 4.69) is 0 Å². The Bertz CT molecular complexity index is 495. The van der Waals surface area contributed by atoms with E-state index >= 15 is 0 Å². The van der Waals surface area contributed by atoms with Gasteiger partial charge >= 0.3 is 5.97 Å². The van der Waals surface area contributed by atoms with Crippen LogP contribution in [0.25, 0.3) is 0 Å². The van der Waals surface area contributed by atoms with Crippen LogP contribution in [0.5, 0.6) is 0 Å². The molecule has 5 nitrogen and oxygen atoms in total. The third-order valence-electron chi connectivity index (χ3n) is 2.38. The number of hydrogen-bond donors (Lipinski definition) is 0. The molecule has 0 heterocycles. The van der Waals surface area contributed by atoms with E-state index in [1.165, 1.54) is 0 Å². The zero-order valence-corrected chi connectivity index (χ0v) is 11.9. The van der Waals surface area contributed by atoms with Crippen molar-refractivity contribution in [1.82, 2.24) is 0 Å². The summed E-state index contributed by atoms with van der Waals surface area (Å²) in [5.41, 5.74) is 1.01. The maximum absolute atomic E-state index is 11.6. The van der Waals surface area contributed by atoms with Gasteiger partial charge in [-0.2, -0.15) is 8.42 Å². The normalized spacial score (nSPS) is 12.9. The highest BCUT2D eigenvalue weighted by Crippen LogP contribution is 2.11. The van der Waals surface area contributed by atoms with Gasteiger partial charge in [-0.3, -0.25) is 4.18 Å². The first-order valence-electron chi connectivity index (χ1n) is 6.01. The topological polar surface area (TPSA) is 69.7 Å². The van der Waals surface area contributed by atoms with Gasteiger partial charge in [-0.05, 0) is 25.3 Å². The lowest BCUT2D eigenvalue weighted by Crippen LogP contribution is -2.29. The van der Waals surface area contributed by atoms with E-state index in [0.29, 0.717) is 6.42 Å². The summed E-state index contributed by atoms with van der Waals surface area (Å²) in [6.07, 6.45) is 0.632. The van der Waals surface area contributed by atoms with Crippen molar-refractivity contribution < 1.29 is 22.1 Å². The minimum atomic E-state index is -3.69. The molecule has 0 N–H and O–H groups in total. The van der Waals surface area contributed by atoms with E-state index in [4.69, 9.17) is 8.92 Å². The lowest BCUT2D eigenvalue weighted by Gasteiger charge is -2.14. The van der Waals surface area contributed by atoms with Gasteiger partial charge in [0.15, 0.2) is 6.10 Å². The summed E-state index contributed by atoms with van der Waals surface area (Å²) in [7, 11) is -3.69. The summed E-state index contributed by atoms with van der Waals surface area (Å²) >= 11 is 0. The number of hydrogen-bond acceptors (Lipinski definition) is 5. The van der Waals surface area contributed by atoms with Crippen molar-refractivity contribution in [3.8, 4) is 0 Å². The Morgan fingerprint density at radius 2 is 1.89 bits per heavy atom. The lowest BCUT2D eigenvalue weighted by atomic mass is 10.1. The fraction of sp³-hybridized carbons (Fsp3) is 0.462. The van der Waals surface area contributed by atoms with Gasteiger partial charge < -0.3 is 4.74 Å². The highest BCUT2D eigenvalue weighted by molar-refractivity contribution is 7.86. The first-order chi connectivity index (χ1) is 8.92. The van der Waals surface area contributed by atoms with Crippen LogP contribution in [0, 0.1) is 0 Å². The maximum Gasteiger partial charge on any atom is 0.336 e. The van der Waals surface area contributed by atoms with Crippen LogP contribution in [0.2, 0.25) is 0 Å². The van der Waals surface area contributed by atoms with Gasteiger partial charge in [-0.15, -0.1) is 0 Å². The molecule has 6 heteroatoms. The molecule has 0 bridgehead atoms. The molecule has 1 rings (SSSR count). The third kappa shape index (κ3) is 6.35. The molecule has 0 aromatic heterocycles. The van der Waals surface area contributed by atoms with E-state index in [9.17, 15) is 13.2 Å². The number of ether oxygens (including phenoxy) is 1. The molecule has 1 unspecified atom stereocenters. The Hall–Kier alpha value is -1.40. The average molecular weight is 286 g/mol. The van der Waals surface area contributed by atoms with Crippen molar-refractivity contribution in [3.63, 3.8) is 0 Å². The van der Waals surface area contributed by atoms with Crippen LogP contribution >= 0.6 is 0 Å². The highest BCUT2D eigenvalue weighted by Gasteiger charge is 2.24. The minimum absolute atomic E-state index is 0.188. The van der Waals surface area contributed by atoms with Crippen LogP contribution in [-0.2, 0) is 30.3 Å². The van der Waals surface area contributed by atoms with Crippen molar-refractivity contribution in [2.45, 2.75) is 25.9 Å². The molecule has 0 aliphatic rings. The van der Waals surface area contributed by atoms with Crippen molar-refractivity contribution in [2.24, 2.45) is 0 Å². The number of esters is 1. The second kappa shape index (κ2) is 7.25. The maximum atomic E-state index is 11.6. The predicted octanol–water partition coefficient (Wildman–Crippen LogP) is 1.53. The van der Waals surface area contributed by atoms with Gasteiger partial charge in [0, 0.05) is 0 Å².